The quantitative estimate of drug-likeness (QED) is 0.699. The predicted molar refractivity (Wildman–Crippen MR) is 89.2 cm³/mol. The first kappa shape index (κ1) is 17.3. The lowest BCUT2D eigenvalue weighted by atomic mass is 9.97. The Morgan fingerprint density at radius 2 is 2.05 bits per heavy atom. The van der Waals surface area contributed by atoms with Crippen LogP contribution >= 0.6 is 23.2 Å². The van der Waals surface area contributed by atoms with Crippen molar-refractivity contribution < 1.29 is 5.11 Å². The summed E-state index contributed by atoms with van der Waals surface area (Å²) >= 11 is 12.1. The van der Waals surface area contributed by atoms with Gasteiger partial charge >= 0.3 is 0 Å². The van der Waals surface area contributed by atoms with E-state index >= 15 is 0 Å². The van der Waals surface area contributed by atoms with Crippen LogP contribution in [0.3, 0.4) is 0 Å². The number of aliphatic hydroxyl groups is 1. The molecule has 0 bridgehead atoms. The third kappa shape index (κ3) is 4.45. The van der Waals surface area contributed by atoms with E-state index in [-0.39, 0.29) is 6.04 Å². The highest BCUT2D eigenvalue weighted by molar-refractivity contribution is 6.35. The lowest BCUT2D eigenvalue weighted by molar-refractivity contribution is 0.0990. The highest BCUT2D eigenvalue weighted by Crippen LogP contribution is 2.35. The lowest BCUT2D eigenvalue weighted by Crippen LogP contribution is -2.19. The fraction of sp³-hybridized carbons (Fsp3) is 0.500. The second kappa shape index (κ2) is 8.51. The highest BCUT2D eigenvalue weighted by Gasteiger charge is 2.25. The number of hydrogen-bond acceptors (Lipinski definition) is 3. The zero-order valence-electron chi connectivity index (χ0n) is 12.6. The maximum absolute atomic E-state index is 10.8. The smallest absolute Gasteiger partial charge is 0.137 e. The van der Waals surface area contributed by atoms with Crippen LogP contribution in [0.15, 0.2) is 30.9 Å². The summed E-state index contributed by atoms with van der Waals surface area (Å²) in [4.78, 5) is 3.99. The molecular weight excluding hydrogens is 321 g/mol. The Labute approximate surface area is 141 Å². The first-order chi connectivity index (χ1) is 10.6. The SMILES string of the molecule is CCCCCCC(C(O)c1ccc(Cl)cc1Cl)n1cncn1. The van der Waals surface area contributed by atoms with E-state index in [0.29, 0.717) is 15.6 Å². The molecule has 0 aliphatic rings. The topological polar surface area (TPSA) is 50.9 Å². The molecule has 1 N–H and O–H groups in total. The summed E-state index contributed by atoms with van der Waals surface area (Å²) < 4.78 is 1.71. The molecule has 4 nitrogen and oxygen atoms in total. The Morgan fingerprint density at radius 1 is 1.23 bits per heavy atom. The minimum atomic E-state index is -0.743. The number of benzene rings is 1. The third-order valence-corrected chi connectivity index (χ3v) is 4.34. The Hall–Kier alpha value is -1.10. The number of unbranched alkanes of at least 4 members (excludes halogenated alkanes) is 3. The van der Waals surface area contributed by atoms with Gasteiger partial charge in [0.25, 0.3) is 0 Å². The third-order valence-electron chi connectivity index (χ3n) is 3.78. The fourth-order valence-electron chi connectivity index (χ4n) is 2.55. The number of aromatic nitrogens is 3. The lowest BCUT2D eigenvalue weighted by Gasteiger charge is -2.24. The second-order valence-electron chi connectivity index (χ2n) is 5.40. The number of aliphatic hydroxyl groups excluding tert-OH is 1. The minimum absolute atomic E-state index is 0.182. The molecule has 0 aliphatic carbocycles. The Balaban J connectivity index is 2.16. The van der Waals surface area contributed by atoms with Crippen LogP contribution in [-0.2, 0) is 0 Å². The van der Waals surface area contributed by atoms with Crippen LogP contribution < -0.4 is 0 Å². The monoisotopic (exact) mass is 341 g/mol. The van der Waals surface area contributed by atoms with Crippen molar-refractivity contribution in [3.63, 3.8) is 0 Å². The van der Waals surface area contributed by atoms with Gasteiger partial charge in [-0.15, -0.1) is 0 Å². The molecule has 0 fully saturated rings. The molecule has 2 rings (SSSR count). The minimum Gasteiger partial charge on any atom is -0.386 e. The van der Waals surface area contributed by atoms with Crippen LogP contribution in [0.2, 0.25) is 10.0 Å². The van der Waals surface area contributed by atoms with Crippen molar-refractivity contribution >= 4 is 23.2 Å². The van der Waals surface area contributed by atoms with Gasteiger partial charge in [-0.3, -0.25) is 0 Å². The first-order valence-electron chi connectivity index (χ1n) is 7.60. The van der Waals surface area contributed by atoms with E-state index in [9.17, 15) is 5.11 Å². The summed E-state index contributed by atoms with van der Waals surface area (Å²) in [6.45, 7) is 2.18. The van der Waals surface area contributed by atoms with Gasteiger partial charge in [-0.2, -0.15) is 5.10 Å². The standard InChI is InChI=1S/C16H21Cl2N3O/c1-2-3-4-5-6-15(21-11-19-10-20-21)16(22)13-8-7-12(17)9-14(13)18/h7-11,15-16,22H,2-6H2,1H3. The van der Waals surface area contributed by atoms with Gasteiger partial charge in [-0.25, -0.2) is 9.67 Å². The number of hydrogen-bond donors (Lipinski definition) is 1. The van der Waals surface area contributed by atoms with E-state index in [1.165, 1.54) is 19.2 Å². The van der Waals surface area contributed by atoms with Gasteiger partial charge in [0.1, 0.15) is 18.8 Å². The molecule has 0 amide bonds. The van der Waals surface area contributed by atoms with E-state index in [2.05, 4.69) is 17.0 Å². The summed E-state index contributed by atoms with van der Waals surface area (Å²) in [6.07, 6.45) is 7.74. The largest absolute Gasteiger partial charge is 0.386 e. The van der Waals surface area contributed by atoms with E-state index < -0.39 is 6.10 Å². The van der Waals surface area contributed by atoms with Crippen LogP contribution in [0.5, 0.6) is 0 Å². The van der Waals surface area contributed by atoms with Crippen molar-refractivity contribution in [2.75, 3.05) is 0 Å². The number of nitrogens with zero attached hydrogens (tertiary/aromatic N) is 3. The van der Waals surface area contributed by atoms with Gasteiger partial charge in [0.2, 0.25) is 0 Å². The molecule has 1 aromatic carbocycles. The molecule has 120 valence electrons. The summed E-state index contributed by atoms with van der Waals surface area (Å²) in [5.74, 6) is 0. The summed E-state index contributed by atoms with van der Waals surface area (Å²) in [7, 11) is 0. The predicted octanol–water partition coefficient (Wildman–Crippen LogP) is 4.83. The molecule has 0 spiro atoms. The number of rotatable bonds is 8. The zero-order valence-corrected chi connectivity index (χ0v) is 14.1. The van der Waals surface area contributed by atoms with Crippen LogP contribution in [0.4, 0.5) is 0 Å². The molecule has 0 radical (unpaired) electrons. The molecule has 1 aromatic heterocycles. The molecule has 22 heavy (non-hydrogen) atoms. The van der Waals surface area contributed by atoms with Crippen molar-refractivity contribution in [3.8, 4) is 0 Å². The van der Waals surface area contributed by atoms with Crippen molar-refractivity contribution in [1.29, 1.82) is 0 Å². The molecule has 2 aromatic rings. The maximum Gasteiger partial charge on any atom is 0.137 e. The maximum atomic E-state index is 10.8. The summed E-state index contributed by atoms with van der Waals surface area (Å²) in [5, 5.41) is 16.0. The van der Waals surface area contributed by atoms with E-state index in [1.54, 1.807) is 29.2 Å². The van der Waals surface area contributed by atoms with Crippen LogP contribution in [-0.4, -0.2) is 19.9 Å². The van der Waals surface area contributed by atoms with E-state index in [1.807, 2.05) is 0 Å². The molecule has 0 aliphatic heterocycles. The summed E-state index contributed by atoms with van der Waals surface area (Å²) in [5.41, 5.74) is 0.669. The molecule has 0 saturated heterocycles. The molecule has 6 heteroatoms. The molecule has 2 unspecified atom stereocenters. The van der Waals surface area contributed by atoms with Gasteiger partial charge in [0.05, 0.1) is 6.04 Å². The van der Waals surface area contributed by atoms with Gasteiger partial charge in [0, 0.05) is 15.6 Å². The molecule has 0 saturated carbocycles. The van der Waals surface area contributed by atoms with Gasteiger partial charge in [0.15, 0.2) is 0 Å². The fourth-order valence-corrected chi connectivity index (χ4v) is 3.07. The molecular formula is C16H21Cl2N3O. The average Bonchev–Trinajstić information content (AvgIpc) is 3.01. The van der Waals surface area contributed by atoms with Crippen molar-refractivity contribution in [1.82, 2.24) is 14.8 Å². The molecule has 1 heterocycles. The second-order valence-corrected chi connectivity index (χ2v) is 6.25. The van der Waals surface area contributed by atoms with Crippen LogP contribution in [0, 0.1) is 0 Å². The van der Waals surface area contributed by atoms with Gasteiger partial charge in [-0.1, -0.05) is 61.9 Å². The normalized spacial score (nSPS) is 14.0. The average molecular weight is 342 g/mol. The molecule has 2 atom stereocenters. The van der Waals surface area contributed by atoms with Crippen LogP contribution in [0.25, 0.3) is 0 Å². The van der Waals surface area contributed by atoms with Crippen LogP contribution in [0.1, 0.15) is 56.7 Å². The van der Waals surface area contributed by atoms with E-state index in [0.717, 1.165) is 19.3 Å². The van der Waals surface area contributed by atoms with Gasteiger partial charge < -0.3 is 5.11 Å². The zero-order chi connectivity index (χ0) is 15.9. The van der Waals surface area contributed by atoms with Crippen molar-refractivity contribution in [3.05, 3.63) is 46.5 Å². The van der Waals surface area contributed by atoms with Crippen molar-refractivity contribution in [2.24, 2.45) is 0 Å². The highest BCUT2D eigenvalue weighted by atomic mass is 35.5. The Bertz CT molecular complexity index is 575. The van der Waals surface area contributed by atoms with Gasteiger partial charge in [-0.05, 0) is 18.6 Å². The van der Waals surface area contributed by atoms with Crippen molar-refractivity contribution in [2.45, 2.75) is 51.2 Å². The Kier molecular flexibility index (Phi) is 6.68. The van der Waals surface area contributed by atoms with E-state index in [4.69, 9.17) is 23.2 Å². The first-order valence-corrected chi connectivity index (χ1v) is 8.36. The Morgan fingerprint density at radius 3 is 2.68 bits per heavy atom. The number of halogens is 2. The summed E-state index contributed by atoms with van der Waals surface area (Å²) in [6, 6.07) is 4.97.